The van der Waals surface area contributed by atoms with E-state index in [2.05, 4.69) is 17.6 Å². The predicted molar refractivity (Wildman–Crippen MR) is 98.3 cm³/mol. The lowest BCUT2D eigenvalue weighted by atomic mass is 10.2. The Morgan fingerprint density at radius 3 is 2.32 bits per heavy atom. The molecule has 1 aromatic rings. The molecule has 0 heterocycles. The molecule has 0 atom stereocenters. The van der Waals surface area contributed by atoms with Gasteiger partial charge in [-0.25, -0.2) is 0 Å². The van der Waals surface area contributed by atoms with Crippen LogP contribution >= 0.6 is 0 Å². The predicted octanol–water partition coefficient (Wildman–Crippen LogP) is 2.91. The molecule has 0 fully saturated rings. The average molecular weight is 350 g/mol. The van der Waals surface area contributed by atoms with Crippen LogP contribution < -0.4 is 20.1 Å². The first kappa shape index (κ1) is 20.8. The molecule has 0 radical (unpaired) electrons. The quantitative estimate of drug-likeness (QED) is 0.568. The normalized spacial score (nSPS) is 10.2. The van der Waals surface area contributed by atoms with Gasteiger partial charge in [0.15, 0.2) is 11.5 Å². The molecule has 2 N–H and O–H groups in total. The van der Waals surface area contributed by atoms with Crippen LogP contribution in [-0.2, 0) is 4.79 Å². The molecule has 0 aliphatic rings. The minimum absolute atomic E-state index is 0.0379. The van der Waals surface area contributed by atoms with E-state index in [1.165, 1.54) is 6.42 Å². The second-order valence-corrected chi connectivity index (χ2v) is 5.62. The van der Waals surface area contributed by atoms with E-state index in [1.807, 2.05) is 13.8 Å². The molecule has 6 nitrogen and oxygen atoms in total. The van der Waals surface area contributed by atoms with E-state index in [0.29, 0.717) is 36.8 Å². The molecular weight excluding hydrogens is 320 g/mol. The van der Waals surface area contributed by atoms with E-state index >= 15 is 0 Å². The lowest BCUT2D eigenvalue weighted by Crippen LogP contribution is -2.37. The number of carbonyl (C=O) groups is 2. The first-order valence-electron chi connectivity index (χ1n) is 9.06. The zero-order valence-electron chi connectivity index (χ0n) is 15.5. The largest absolute Gasteiger partial charge is 0.490 e. The summed E-state index contributed by atoms with van der Waals surface area (Å²) in [5.74, 6) is 0.633. The highest BCUT2D eigenvalue weighted by molar-refractivity contribution is 5.97. The Morgan fingerprint density at radius 2 is 1.64 bits per heavy atom. The van der Waals surface area contributed by atoms with Crippen LogP contribution in [0.25, 0.3) is 0 Å². The maximum absolute atomic E-state index is 12.2. The summed E-state index contributed by atoms with van der Waals surface area (Å²) in [4.78, 5) is 24.0. The van der Waals surface area contributed by atoms with Crippen molar-refractivity contribution in [2.45, 2.75) is 46.5 Å². The Kier molecular flexibility index (Phi) is 10.1. The Morgan fingerprint density at radius 1 is 0.920 bits per heavy atom. The van der Waals surface area contributed by atoms with Gasteiger partial charge in [0.25, 0.3) is 5.91 Å². The minimum Gasteiger partial charge on any atom is -0.490 e. The van der Waals surface area contributed by atoms with E-state index in [-0.39, 0.29) is 18.4 Å². The van der Waals surface area contributed by atoms with Crippen LogP contribution in [0.5, 0.6) is 11.5 Å². The van der Waals surface area contributed by atoms with Gasteiger partial charge in [-0.2, -0.15) is 0 Å². The molecule has 6 heteroatoms. The van der Waals surface area contributed by atoms with Gasteiger partial charge in [-0.05, 0) is 38.5 Å². The van der Waals surface area contributed by atoms with Crippen LogP contribution in [0.4, 0.5) is 0 Å². The smallest absolute Gasteiger partial charge is 0.251 e. The van der Waals surface area contributed by atoms with Gasteiger partial charge in [0, 0.05) is 12.1 Å². The van der Waals surface area contributed by atoms with Gasteiger partial charge in [-0.15, -0.1) is 0 Å². The molecule has 0 aromatic heterocycles. The first-order chi connectivity index (χ1) is 12.1. The van der Waals surface area contributed by atoms with Crippen LogP contribution in [0, 0.1) is 0 Å². The fraction of sp³-hybridized carbons (Fsp3) is 0.579. The minimum atomic E-state index is -0.315. The number of ether oxygens (including phenoxy) is 2. The molecular formula is C19H30N2O4. The molecule has 0 unspecified atom stereocenters. The maximum atomic E-state index is 12.2. The number of benzene rings is 1. The topological polar surface area (TPSA) is 76.7 Å². The summed E-state index contributed by atoms with van der Waals surface area (Å²) in [6.45, 7) is 7.50. The number of nitrogens with one attached hydrogen (secondary N) is 2. The van der Waals surface area contributed by atoms with Crippen molar-refractivity contribution in [3.05, 3.63) is 23.8 Å². The third-order valence-corrected chi connectivity index (χ3v) is 3.57. The Labute approximate surface area is 150 Å². The number of carbonyl (C=O) groups excluding carboxylic acids is 2. The summed E-state index contributed by atoms with van der Waals surface area (Å²) in [5, 5.41) is 5.43. The lowest BCUT2D eigenvalue weighted by molar-refractivity contribution is -0.120. The van der Waals surface area contributed by atoms with Gasteiger partial charge in [0.2, 0.25) is 5.91 Å². The van der Waals surface area contributed by atoms with Gasteiger partial charge in [-0.3, -0.25) is 9.59 Å². The number of rotatable bonds is 12. The molecule has 0 bridgehead atoms. The monoisotopic (exact) mass is 350 g/mol. The SMILES string of the molecule is CCCCCCNC(=O)CNC(=O)c1ccc(OCC)c(OCC)c1. The van der Waals surface area contributed by atoms with Crippen LogP contribution in [0.3, 0.4) is 0 Å². The van der Waals surface area contributed by atoms with Crippen molar-refractivity contribution in [2.75, 3.05) is 26.3 Å². The molecule has 0 saturated carbocycles. The Bertz CT molecular complexity index is 546. The van der Waals surface area contributed by atoms with Gasteiger partial charge in [0.05, 0.1) is 19.8 Å². The van der Waals surface area contributed by atoms with E-state index in [9.17, 15) is 9.59 Å². The van der Waals surface area contributed by atoms with Gasteiger partial charge in [0.1, 0.15) is 0 Å². The highest BCUT2D eigenvalue weighted by Gasteiger charge is 2.12. The van der Waals surface area contributed by atoms with Crippen molar-refractivity contribution in [3.8, 4) is 11.5 Å². The van der Waals surface area contributed by atoms with Crippen molar-refractivity contribution in [1.82, 2.24) is 10.6 Å². The molecule has 1 rings (SSSR count). The first-order valence-corrected chi connectivity index (χ1v) is 9.06. The summed E-state index contributed by atoms with van der Waals surface area (Å²) in [6.07, 6.45) is 4.40. The van der Waals surface area contributed by atoms with Crippen molar-refractivity contribution < 1.29 is 19.1 Å². The van der Waals surface area contributed by atoms with Crippen LogP contribution in [-0.4, -0.2) is 38.1 Å². The highest BCUT2D eigenvalue weighted by atomic mass is 16.5. The molecule has 0 saturated heterocycles. The third kappa shape index (κ3) is 7.92. The summed E-state index contributed by atoms with van der Waals surface area (Å²) in [5.41, 5.74) is 0.433. The molecule has 2 amide bonds. The Balaban J connectivity index is 2.48. The van der Waals surface area contributed by atoms with Crippen molar-refractivity contribution in [2.24, 2.45) is 0 Å². The van der Waals surface area contributed by atoms with Gasteiger partial charge in [-0.1, -0.05) is 26.2 Å². The zero-order chi connectivity index (χ0) is 18.5. The zero-order valence-corrected chi connectivity index (χ0v) is 15.5. The van der Waals surface area contributed by atoms with Gasteiger partial charge < -0.3 is 20.1 Å². The molecule has 0 aliphatic heterocycles. The number of hydrogen-bond donors (Lipinski definition) is 2. The van der Waals surface area contributed by atoms with Crippen LogP contribution in [0.1, 0.15) is 56.8 Å². The van der Waals surface area contributed by atoms with E-state index in [1.54, 1.807) is 18.2 Å². The maximum Gasteiger partial charge on any atom is 0.251 e. The van der Waals surface area contributed by atoms with E-state index < -0.39 is 0 Å². The van der Waals surface area contributed by atoms with Crippen molar-refractivity contribution in [3.63, 3.8) is 0 Å². The Hall–Kier alpha value is -2.24. The van der Waals surface area contributed by atoms with E-state index in [4.69, 9.17) is 9.47 Å². The van der Waals surface area contributed by atoms with Gasteiger partial charge >= 0.3 is 0 Å². The summed E-state index contributed by atoms with van der Waals surface area (Å²) in [7, 11) is 0. The van der Waals surface area contributed by atoms with Crippen molar-refractivity contribution in [1.29, 1.82) is 0 Å². The number of amides is 2. The fourth-order valence-electron chi connectivity index (χ4n) is 2.30. The van der Waals surface area contributed by atoms with E-state index in [0.717, 1.165) is 19.3 Å². The standard InChI is InChI=1S/C19H30N2O4/c1-4-7-8-9-12-20-18(22)14-21-19(23)15-10-11-16(24-5-2)17(13-15)25-6-3/h10-11,13H,4-9,12,14H2,1-3H3,(H,20,22)(H,21,23). The molecule has 1 aromatic carbocycles. The summed E-state index contributed by atoms with van der Waals surface area (Å²) < 4.78 is 11.0. The van der Waals surface area contributed by atoms with Crippen LogP contribution in [0.2, 0.25) is 0 Å². The third-order valence-electron chi connectivity index (χ3n) is 3.57. The second kappa shape index (κ2) is 12.2. The van der Waals surface area contributed by atoms with Crippen LogP contribution in [0.15, 0.2) is 18.2 Å². The second-order valence-electron chi connectivity index (χ2n) is 5.62. The number of unbranched alkanes of at least 4 members (excludes halogenated alkanes) is 3. The highest BCUT2D eigenvalue weighted by Crippen LogP contribution is 2.28. The molecule has 0 aliphatic carbocycles. The summed E-state index contributed by atoms with van der Waals surface area (Å²) in [6, 6.07) is 5.00. The summed E-state index contributed by atoms with van der Waals surface area (Å²) >= 11 is 0. The fourth-order valence-corrected chi connectivity index (χ4v) is 2.30. The molecule has 25 heavy (non-hydrogen) atoms. The average Bonchev–Trinajstić information content (AvgIpc) is 2.61. The lowest BCUT2D eigenvalue weighted by Gasteiger charge is -2.12. The number of hydrogen-bond acceptors (Lipinski definition) is 4. The van der Waals surface area contributed by atoms with Crippen molar-refractivity contribution >= 4 is 11.8 Å². The molecule has 0 spiro atoms. The molecule has 140 valence electrons.